The first-order valence-corrected chi connectivity index (χ1v) is 12.4. The molecule has 3 aromatic rings. The Bertz CT molecular complexity index is 1070. The number of hydrogen-bond donors (Lipinski definition) is 1. The number of benzene rings is 3. The Labute approximate surface area is 206 Å². The van der Waals surface area contributed by atoms with Gasteiger partial charge in [0.15, 0.2) is 10.6 Å². The molecule has 0 heterocycles. The monoisotopic (exact) mass is 481 g/mol. The molecule has 180 valence electrons. The van der Waals surface area contributed by atoms with Crippen LogP contribution in [-0.2, 0) is 34.1 Å². The first-order chi connectivity index (χ1) is 16.5. The smallest absolute Gasteiger partial charge is 0.303 e. The Morgan fingerprint density at radius 3 is 2.53 bits per heavy atom. The maximum atomic E-state index is 10.8. The van der Waals surface area contributed by atoms with Crippen LogP contribution in [0.15, 0.2) is 76.5 Å². The Balaban J connectivity index is 1.60. The Morgan fingerprint density at radius 1 is 1.06 bits per heavy atom. The highest BCUT2D eigenvalue weighted by atomic mass is 32.2. The topological polar surface area (TPSA) is 65.0 Å². The minimum Gasteiger partial charge on any atom is -0.493 e. The highest BCUT2D eigenvalue weighted by Crippen LogP contribution is 2.27. The normalized spacial score (nSPS) is 11.7. The van der Waals surface area contributed by atoms with Crippen LogP contribution in [0.1, 0.15) is 36.5 Å². The average molecular weight is 482 g/mol. The van der Waals surface area contributed by atoms with E-state index in [0.29, 0.717) is 19.4 Å². The molecule has 0 fully saturated rings. The zero-order valence-electron chi connectivity index (χ0n) is 20.0. The van der Waals surface area contributed by atoms with E-state index in [9.17, 15) is 4.79 Å². The highest BCUT2D eigenvalue weighted by Gasteiger charge is 2.19. The summed E-state index contributed by atoms with van der Waals surface area (Å²) in [5.74, 6) is 0.774. The van der Waals surface area contributed by atoms with Gasteiger partial charge >= 0.3 is 5.97 Å². The molecule has 0 bridgehead atoms. The Hall–Kier alpha value is -2.96. The summed E-state index contributed by atoms with van der Waals surface area (Å²) in [6, 6.07) is 22.4. The maximum absolute atomic E-state index is 10.8. The Morgan fingerprint density at radius 2 is 1.85 bits per heavy atom. The van der Waals surface area contributed by atoms with Gasteiger partial charge in [0, 0.05) is 26.0 Å². The molecule has 0 aliphatic carbocycles. The molecule has 3 rings (SSSR count). The van der Waals surface area contributed by atoms with Crippen LogP contribution >= 0.6 is 0 Å². The predicted molar refractivity (Wildman–Crippen MR) is 136 cm³/mol. The number of aliphatic carboxylic acids is 1. The van der Waals surface area contributed by atoms with Crippen LogP contribution in [-0.4, -0.2) is 31.1 Å². The van der Waals surface area contributed by atoms with Crippen LogP contribution in [0, 0.1) is 6.92 Å². The van der Waals surface area contributed by atoms with Gasteiger partial charge in [-0.3, -0.25) is 4.79 Å². The highest BCUT2D eigenvalue weighted by molar-refractivity contribution is 7.78. The standard InChI is InChI=1S/C28H32O5S/c1-4-21-10-14-25(26(19-21)34-24-8-6-5-7-9-24)33-28(31-3)16-17-32-23-13-11-22(20(2)18-23)12-15-27(29)30/h5-11,13-14,18-19,28H,4,12,15-17H2,1-3H3,(H,29,30)/p+1/t28-/m0/s1. The molecule has 1 N–H and O–H groups in total. The lowest BCUT2D eigenvalue weighted by molar-refractivity contribution is -0.136. The van der Waals surface area contributed by atoms with E-state index in [1.54, 1.807) is 7.11 Å². The van der Waals surface area contributed by atoms with Gasteiger partial charge in [-0.1, -0.05) is 37.3 Å². The minimum absolute atomic E-state index is 0.124. The third kappa shape index (κ3) is 7.82. The van der Waals surface area contributed by atoms with Crippen molar-refractivity contribution >= 4 is 17.7 Å². The summed E-state index contributed by atoms with van der Waals surface area (Å²) < 4.78 is 17.7. The molecule has 1 atom stereocenters. The van der Waals surface area contributed by atoms with Gasteiger partial charge in [0.1, 0.15) is 5.75 Å². The average Bonchev–Trinajstić information content (AvgIpc) is 2.84. The van der Waals surface area contributed by atoms with Crippen molar-refractivity contribution in [2.24, 2.45) is 0 Å². The second-order valence-electron chi connectivity index (χ2n) is 8.01. The first-order valence-electron chi connectivity index (χ1n) is 11.5. The quantitative estimate of drug-likeness (QED) is 0.195. The van der Waals surface area contributed by atoms with Crippen molar-refractivity contribution in [1.82, 2.24) is 0 Å². The fourth-order valence-corrected chi connectivity index (χ4v) is 4.60. The van der Waals surface area contributed by atoms with Gasteiger partial charge in [-0.25, -0.2) is 0 Å². The van der Waals surface area contributed by atoms with Crippen LogP contribution in [0.3, 0.4) is 0 Å². The summed E-state index contributed by atoms with van der Waals surface area (Å²) in [5.41, 5.74) is 3.32. The maximum Gasteiger partial charge on any atom is 0.303 e. The molecule has 6 heteroatoms. The second-order valence-corrected chi connectivity index (χ2v) is 9.23. The van der Waals surface area contributed by atoms with E-state index in [1.165, 1.54) is 10.5 Å². The third-order valence-corrected chi connectivity index (χ3v) is 6.65. The van der Waals surface area contributed by atoms with Crippen LogP contribution in [0.5, 0.6) is 11.5 Å². The van der Waals surface area contributed by atoms with Gasteiger partial charge in [-0.15, -0.1) is 0 Å². The third-order valence-electron chi connectivity index (χ3n) is 5.50. The van der Waals surface area contributed by atoms with E-state index in [4.69, 9.17) is 19.3 Å². The number of ether oxygens (including phenoxy) is 3. The molecule has 0 amide bonds. The summed E-state index contributed by atoms with van der Waals surface area (Å²) >= 11 is 1.09. The minimum atomic E-state index is -0.791. The van der Waals surface area contributed by atoms with E-state index in [2.05, 4.69) is 31.2 Å². The number of carboxylic acids is 1. The summed E-state index contributed by atoms with van der Waals surface area (Å²) in [7, 11) is 1.64. The molecule has 0 aromatic heterocycles. The van der Waals surface area contributed by atoms with Gasteiger partial charge in [0.05, 0.1) is 18.4 Å². The van der Waals surface area contributed by atoms with Gasteiger partial charge in [0.25, 0.3) is 0 Å². The molecule has 0 aliphatic rings. The fraction of sp³-hybridized carbons (Fsp3) is 0.321. The SMILES string of the molecule is CCc1ccc(O[C@@H](CCOc2ccc(CCC(=O)O)c(C)c2)OC)c([SH+]c2ccccc2)c1. The summed E-state index contributed by atoms with van der Waals surface area (Å²) in [4.78, 5) is 13.1. The van der Waals surface area contributed by atoms with Crippen molar-refractivity contribution in [3.63, 3.8) is 0 Å². The number of aryl methyl sites for hydroxylation is 3. The van der Waals surface area contributed by atoms with Crippen molar-refractivity contribution < 1.29 is 24.1 Å². The second kappa shape index (κ2) is 13.1. The lowest BCUT2D eigenvalue weighted by atomic mass is 10.0. The van der Waals surface area contributed by atoms with Crippen LogP contribution in [0.4, 0.5) is 0 Å². The molecule has 0 aliphatic heterocycles. The van der Waals surface area contributed by atoms with Crippen molar-refractivity contribution in [2.75, 3.05) is 13.7 Å². The lowest BCUT2D eigenvalue weighted by Crippen LogP contribution is -2.22. The summed E-state index contributed by atoms with van der Waals surface area (Å²) in [6.45, 7) is 4.55. The van der Waals surface area contributed by atoms with Crippen LogP contribution < -0.4 is 9.47 Å². The molecule has 0 spiro atoms. The fourth-order valence-electron chi connectivity index (χ4n) is 3.53. The lowest BCUT2D eigenvalue weighted by Gasteiger charge is -2.18. The van der Waals surface area contributed by atoms with E-state index in [1.807, 2.05) is 49.4 Å². The molecular formula is C28H33O5S+. The van der Waals surface area contributed by atoms with Crippen LogP contribution in [0.2, 0.25) is 0 Å². The molecule has 34 heavy (non-hydrogen) atoms. The zero-order chi connectivity index (χ0) is 24.3. The first kappa shape index (κ1) is 25.7. The molecule has 0 radical (unpaired) electrons. The number of carboxylic acid groups (broad SMARTS) is 1. The molecule has 5 nitrogen and oxygen atoms in total. The number of methoxy groups -OCH3 is 1. The van der Waals surface area contributed by atoms with Crippen molar-refractivity contribution in [1.29, 1.82) is 0 Å². The zero-order valence-corrected chi connectivity index (χ0v) is 20.9. The molecule has 0 unspecified atom stereocenters. The number of thiol groups is 1. The molecule has 0 saturated carbocycles. The van der Waals surface area contributed by atoms with Crippen molar-refractivity contribution in [2.45, 2.75) is 55.6 Å². The summed E-state index contributed by atoms with van der Waals surface area (Å²) in [5, 5.41) is 8.89. The van der Waals surface area contributed by atoms with Crippen molar-refractivity contribution in [3.05, 3.63) is 83.4 Å². The molecular weight excluding hydrogens is 448 g/mol. The molecule has 3 aromatic carbocycles. The largest absolute Gasteiger partial charge is 0.493 e. The number of carbonyl (C=O) groups is 1. The van der Waals surface area contributed by atoms with Crippen molar-refractivity contribution in [3.8, 4) is 11.5 Å². The molecule has 0 saturated heterocycles. The van der Waals surface area contributed by atoms with E-state index in [-0.39, 0.29) is 6.42 Å². The summed E-state index contributed by atoms with van der Waals surface area (Å²) in [6.07, 6.45) is 1.73. The van der Waals surface area contributed by atoms with E-state index in [0.717, 1.165) is 45.7 Å². The van der Waals surface area contributed by atoms with Gasteiger partial charge in [-0.05, 0) is 66.8 Å². The number of rotatable bonds is 13. The van der Waals surface area contributed by atoms with Gasteiger partial charge < -0.3 is 19.3 Å². The van der Waals surface area contributed by atoms with E-state index >= 15 is 0 Å². The number of hydrogen-bond acceptors (Lipinski definition) is 4. The van der Waals surface area contributed by atoms with Gasteiger partial charge in [0.2, 0.25) is 11.2 Å². The Kier molecular flexibility index (Phi) is 9.86. The van der Waals surface area contributed by atoms with Crippen LogP contribution in [0.25, 0.3) is 0 Å². The van der Waals surface area contributed by atoms with Gasteiger partial charge in [-0.2, -0.15) is 0 Å². The predicted octanol–water partition coefficient (Wildman–Crippen LogP) is 5.63. The van der Waals surface area contributed by atoms with E-state index < -0.39 is 12.3 Å².